The lowest BCUT2D eigenvalue weighted by atomic mass is 9.84. The number of nitrogens with one attached hydrogen (secondary N) is 2. The number of fused-ring (bicyclic) bond motifs is 1. The molecule has 0 saturated carbocycles. The van der Waals surface area contributed by atoms with Gasteiger partial charge in [-0.2, -0.15) is 5.26 Å². The van der Waals surface area contributed by atoms with Crippen molar-refractivity contribution in [2.45, 2.75) is 12.8 Å². The molecule has 0 spiro atoms. The Bertz CT molecular complexity index is 638. The number of nitrogens with zero attached hydrogens (tertiary/aromatic N) is 2. The maximum absolute atomic E-state index is 9.29. The second-order valence-electron chi connectivity index (χ2n) is 4.13. The highest BCUT2D eigenvalue weighted by Crippen LogP contribution is 2.43. The van der Waals surface area contributed by atoms with Crippen molar-refractivity contribution < 1.29 is 4.74 Å². The molecule has 6 heteroatoms. The first-order valence-corrected chi connectivity index (χ1v) is 6.34. The molecule has 0 amide bonds. The first-order valence-electron chi connectivity index (χ1n) is 5.46. The highest BCUT2D eigenvalue weighted by molar-refractivity contribution is 7.10. The molecule has 0 saturated heterocycles. The maximum Gasteiger partial charge on any atom is 0.243 e. The van der Waals surface area contributed by atoms with Crippen molar-refractivity contribution in [1.29, 1.82) is 10.7 Å². The first kappa shape index (κ1) is 11.0. The molecule has 0 aliphatic carbocycles. The quantitative estimate of drug-likeness (QED) is 0.823. The summed E-state index contributed by atoms with van der Waals surface area (Å²) in [5.74, 6) is -0.366. The van der Waals surface area contributed by atoms with Gasteiger partial charge >= 0.3 is 0 Å². The number of nitriles is 1. The van der Waals surface area contributed by atoms with Gasteiger partial charge in [0, 0.05) is 16.1 Å². The van der Waals surface area contributed by atoms with Crippen LogP contribution in [0.5, 0.6) is 5.88 Å². The number of aryl methyl sites for hydroxylation is 1. The summed E-state index contributed by atoms with van der Waals surface area (Å²) in [5.41, 5.74) is 1.77. The number of aromatic nitrogens is 2. The van der Waals surface area contributed by atoms with Crippen LogP contribution in [0.1, 0.15) is 22.1 Å². The van der Waals surface area contributed by atoms with Crippen LogP contribution < -0.4 is 4.74 Å². The normalized spacial score (nSPS) is 22.1. The fourth-order valence-electron chi connectivity index (χ4n) is 2.25. The van der Waals surface area contributed by atoms with Gasteiger partial charge in [-0.15, -0.1) is 16.4 Å². The van der Waals surface area contributed by atoms with E-state index in [9.17, 15) is 5.26 Å². The van der Waals surface area contributed by atoms with Crippen LogP contribution in [0, 0.1) is 29.6 Å². The average Bonchev–Trinajstić information content (AvgIpc) is 2.98. The highest BCUT2D eigenvalue weighted by atomic mass is 32.1. The molecule has 90 valence electrons. The third kappa shape index (κ3) is 1.45. The van der Waals surface area contributed by atoms with Crippen LogP contribution in [0.15, 0.2) is 17.5 Å². The van der Waals surface area contributed by atoms with Crippen molar-refractivity contribution in [2.24, 2.45) is 5.92 Å². The largest absolute Gasteiger partial charge is 0.422 e. The number of hydrogen-bond acceptors (Lipinski definition) is 5. The van der Waals surface area contributed by atoms with Crippen LogP contribution in [0.4, 0.5) is 0 Å². The first-order chi connectivity index (χ1) is 8.72. The lowest BCUT2D eigenvalue weighted by Gasteiger charge is -2.26. The van der Waals surface area contributed by atoms with Gasteiger partial charge in [0.25, 0.3) is 0 Å². The molecule has 5 nitrogen and oxygen atoms in total. The Morgan fingerprint density at radius 2 is 2.44 bits per heavy atom. The minimum Gasteiger partial charge on any atom is -0.422 e. The third-order valence-corrected chi connectivity index (χ3v) is 4.04. The van der Waals surface area contributed by atoms with Gasteiger partial charge in [-0.3, -0.25) is 10.5 Å². The molecule has 2 atom stereocenters. The number of hydrogen-bond donors (Lipinski definition) is 2. The third-order valence-electron chi connectivity index (χ3n) is 3.08. The zero-order valence-electron chi connectivity index (χ0n) is 9.60. The van der Waals surface area contributed by atoms with E-state index in [4.69, 9.17) is 10.1 Å². The Hall–Kier alpha value is -2.13. The molecule has 3 heterocycles. The molecule has 1 aliphatic heterocycles. The van der Waals surface area contributed by atoms with Crippen LogP contribution in [0.25, 0.3) is 0 Å². The second kappa shape index (κ2) is 3.96. The van der Waals surface area contributed by atoms with Gasteiger partial charge < -0.3 is 4.74 Å². The second-order valence-corrected chi connectivity index (χ2v) is 5.11. The molecule has 2 aromatic rings. The lowest BCUT2D eigenvalue weighted by molar-refractivity contribution is 0.438. The molecule has 3 rings (SSSR count). The molecule has 2 unspecified atom stereocenters. The van der Waals surface area contributed by atoms with Crippen molar-refractivity contribution >= 4 is 17.2 Å². The van der Waals surface area contributed by atoms with E-state index in [2.05, 4.69) is 16.3 Å². The summed E-state index contributed by atoms with van der Waals surface area (Å²) in [7, 11) is 0. The average molecular weight is 258 g/mol. The standard InChI is InChI=1S/C12H10N4OS/c1-6-9-10(8-3-2-4-18-8)7(5-13)11(14)17-12(9)16-15-6/h2-4,7,10,14H,1H3,(H,15,16). The van der Waals surface area contributed by atoms with E-state index in [1.54, 1.807) is 11.3 Å². The van der Waals surface area contributed by atoms with Crippen molar-refractivity contribution in [3.8, 4) is 11.9 Å². The van der Waals surface area contributed by atoms with E-state index < -0.39 is 5.92 Å². The van der Waals surface area contributed by atoms with Crippen molar-refractivity contribution in [1.82, 2.24) is 10.2 Å². The molecular formula is C12H10N4OS. The van der Waals surface area contributed by atoms with Crippen LogP contribution in [-0.4, -0.2) is 16.1 Å². The van der Waals surface area contributed by atoms with Gasteiger partial charge in [0.15, 0.2) is 0 Å². The topological polar surface area (TPSA) is 85.5 Å². The molecule has 1 aliphatic rings. The fraction of sp³-hybridized carbons (Fsp3) is 0.250. The maximum atomic E-state index is 9.29. The molecular weight excluding hydrogens is 248 g/mol. The van der Waals surface area contributed by atoms with Gasteiger partial charge in [0.1, 0.15) is 5.92 Å². The van der Waals surface area contributed by atoms with E-state index in [-0.39, 0.29) is 11.8 Å². The Kier molecular flexibility index (Phi) is 2.42. The zero-order chi connectivity index (χ0) is 12.7. The molecule has 0 radical (unpaired) electrons. The fourth-order valence-corrected chi connectivity index (χ4v) is 3.13. The molecule has 2 aromatic heterocycles. The minimum atomic E-state index is -0.590. The summed E-state index contributed by atoms with van der Waals surface area (Å²) < 4.78 is 5.31. The Balaban J connectivity index is 2.21. The van der Waals surface area contributed by atoms with Gasteiger partial charge in [0.05, 0.1) is 12.0 Å². The number of aromatic amines is 1. The smallest absolute Gasteiger partial charge is 0.243 e. The van der Waals surface area contributed by atoms with Gasteiger partial charge in [-0.05, 0) is 18.4 Å². The Labute approximate surface area is 108 Å². The number of ether oxygens (including phenoxy) is 1. The van der Waals surface area contributed by atoms with Gasteiger partial charge in [-0.1, -0.05) is 6.07 Å². The monoisotopic (exact) mass is 258 g/mol. The van der Waals surface area contributed by atoms with Crippen molar-refractivity contribution in [3.63, 3.8) is 0 Å². The van der Waals surface area contributed by atoms with Crippen LogP contribution >= 0.6 is 11.3 Å². The molecule has 0 fully saturated rings. The predicted octanol–water partition coefficient (Wildman–Crippen LogP) is 2.42. The lowest BCUT2D eigenvalue weighted by Crippen LogP contribution is -2.30. The van der Waals surface area contributed by atoms with Crippen LogP contribution in [0.2, 0.25) is 0 Å². The number of thiophene rings is 1. The predicted molar refractivity (Wildman–Crippen MR) is 66.9 cm³/mol. The SMILES string of the molecule is Cc1[nH]nc2c1C(c1cccs1)C(C#N)C(=N)O2. The van der Waals surface area contributed by atoms with Gasteiger partial charge in [-0.25, -0.2) is 0 Å². The molecule has 0 aromatic carbocycles. The van der Waals surface area contributed by atoms with Crippen LogP contribution in [0.3, 0.4) is 0 Å². The summed E-state index contributed by atoms with van der Waals surface area (Å²) >= 11 is 1.58. The van der Waals surface area contributed by atoms with Crippen molar-refractivity contribution in [3.05, 3.63) is 33.6 Å². The summed E-state index contributed by atoms with van der Waals surface area (Å²) in [6.07, 6.45) is 0. The van der Waals surface area contributed by atoms with E-state index in [1.807, 2.05) is 24.4 Å². The Morgan fingerprint density at radius 3 is 3.11 bits per heavy atom. The van der Waals surface area contributed by atoms with E-state index in [1.165, 1.54) is 0 Å². The van der Waals surface area contributed by atoms with Crippen LogP contribution in [-0.2, 0) is 0 Å². The van der Waals surface area contributed by atoms with E-state index in [0.29, 0.717) is 5.88 Å². The number of rotatable bonds is 1. The molecule has 2 N–H and O–H groups in total. The Morgan fingerprint density at radius 1 is 1.61 bits per heavy atom. The van der Waals surface area contributed by atoms with Crippen molar-refractivity contribution in [2.75, 3.05) is 0 Å². The van der Waals surface area contributed by atoms with E-state index >= 15 is 0 Å². The summed E-state index contributed by atoms with van der Waals surface area (Å²) in [6, 6.07) is 6.09. The minimum absolute atomic E-state index is 0.0325. The summed E-state index contributed by atoms with van der Waals surface area (Å²) in [4.78, 5) is 1.06. The number of H-pyrrole nitrogens is 1. The molecule has 0 bridgehead atoms. The van der Waals surface area contributed by atoms with E-state index in [0.717, 1.165) is 16.1 Å². The van der Waals surface area contributed by atoms with Gasteiger partial charge in [0.2, 0.25) is 11.8 Å². The zero-order valence-corrected chi connectivity index (χ0v) is 10.4. The molecule has 18 heavy (non-hydrogen) atoms. The summed E-state index contributed by atoms with van der Waals surface area (Å²) in [6.45, 7) is 1.90. The summed E-state index contributed by atoms with van der Waals surface area (Å²) in [5, 5.41) is 26.0. The highest BCUT2D eigenvalue weighted by Gasteiger charge is 2.40.